The first-order valence-corrected chi connectivity index (χ1v) is 7.83. The highest BCUT2D eigenvalue weighted by molar-refractivity contribution is 7.80. The number of thiocarbonyl (C=S) groups is 1. The molecule has 2 aromatic rings. The molecule has 0 radical (unpaired) electrons. The van der Waals surface area contributed by atoms with Crippen molar-refractivity contribution in [2.24, 2.45) is 0 Å². The fourth-order valence-electron chi connectivity index (χ4n) is 2.42. The minimum atomic E-state index is -0.250. The molecule has 0 amide bonds. The van der Waals surface area contributed by atoms with Crippen LogP contribution in [-0.4, -0.2) is 20.9 Å². The van der Waals surface area contributed by atoms with E-state index in [1.165, 1.54) is 25.0 Å². The van der Waals surface area contributed by atoms with Crippen molar-refractivity contribution in [1.82, 2.24) is 20.4 Å². The maximum Gasteiger partial charge on any atom is 0.166 e. The van der Waals surface area contributed by atoms with Crippen molar-refractivity contribution >= 4 is 17.3 Å². The smallest absolute Gasteiger partial charge is 0.166 e. The van der Waals surface area contributed by atoms with Gasteiger partial charge in [0.05, 0.1) is 17.9 Å². The maximum atomic E-state index is 13.0. The standard InChI is InChI=1S/C16H19FN4S/c1-10(19-16(22)20-13-5-6-13)15-9-18-21(11(15)2)14-7-3-12(17)4-8-14/h3-4,7-10,13H,5-6H2,1-2H3,(H2,19,20,22)/t10-/m1/s1. The topological polar surface area (TPSA) is 41.9 Å². The molecule has 1 atom stereocenters. The lowest BCUT2D eigenvalue weighted by Crippen LogP contribution is -2.38. The Kier molecular flexibility index (Phi) is 4.11. The Balaban J connectivity index is 1.74. The summed E-state index contributed by atoms with van der Waals surface area (Å²) in [5.41, 5.74) is 2.93. The second-order valence-electron chi connectivity index (χ2n) is 5.69. The summed E-state index contributed by atoms with van der Waals surface area (Å²) in [6.45, 7) is 4.06. The molecular weight excluding hydrogens is 299 g/mol. The van der Waals surface area contributed by atoms with E-state index in [2.05, 4.69) is 22.7 Å². The lowest BCUT2D eigenvalue weighted by molar-refractivity contribution is 0.626. The number of hydrogen-bond donors (Lipinski definition) is 2. The first-order valence-electron chi connectivity index (χ1n) is 7.42. The Bertz CT molecular complexity index is 676. The van der Waals surface area contributed by atoms with Gasteiger partial charge in [0.2, 0.25) is 0 Å². The zero-order valence-electron chi connectivity index (χ0n) is 12.6. The minimum absolute atomic E-state index is 0.0629. The van der Waals surface area contributed by atoms with Crippen molar-refractivity contribution < 1.29 is 4.39 Å². The van der Waals surface area contributed by atoms with Crippen LogP contribution in [0.2, 0.25) is 0 Å². The molecule has 0 spiro atoms. The van der Waals surface area contributed by atoms with Gasteiger partial charge in [-0.3, -0.25) is 0 Å². The van der Waals surface area contributed by atoms with Gasteiger partial charge in [-0.1, -0.05) is 0 Å². The summed E-state index contributed by atoms with van der Waals surface area (Å²) in [7, 11) is 0. The van der Waals surface area contributed by atoms with Crippen LogP contribution in [0.3, 0.4) is 0 Å². The predicted molar refractivity (Wildman–Crippen MR) is 88.6 cm³/mol. The highest BCUT2D eigenvalue weighted by Gasteiger charge is 2.23. The second kappa shape index (κ2) is 6.04. The Morgan fingerprint density at radius 2 is 2.05 bits per heavy atom. The second-order valence-corrected chi connectivity index (χ2v) is 6.10. The van der Waals surface area contributed by atoms with Gasteiger partial charge in [-0.05, 0) is 63.2 Å². The monoisotopic (exact) mass is 318 g/mol. The van der Waals surface area contributed by atoms with Gasteiger partial charge in [-0.15, -0.1) is 0 Å². The van der Waals surface area contributed by atoms with E-state index in [0.29, 0.717) is 11.2 Å². The number of benzene rings is 1. The van der Waals surface area contributed by atoms with Gasteiger partial charge in [0.1, 0.15) is 5.82 Å². The van der Waals surface area contributed by atoms with Crippen LogP contribution in [0.1, 0.15) is 37.1 Å². The van der Waals surface area contributed by atoms with Crippen LogP contribution in [0.15, 0.2) is 30.5 Å². The summed E-state index contributed by atoms with van der Waals surface area (Å²) in [6, 6.07) is 6.91. The number of nitrogens with one attached hydrogen (secondary N) is 2. The van der Waals surface area contributed by atoms with Crippen molar-refractivity contribution in [3.05, 3.63) is 47.5 Å². The van der Waals surface area contributed by atoms with E-state index in [9.17, 15) is 4.39 Å². The average molecular weight is 318 g/mol. The van der Waals surface area contributed by atoms with Crippen molar-refractivity contribution in [1.29, 1.82) is 0 Å². The lowest BCUT2D eigenvalue weighted by atomic mass is 10.1. The summed E-state index contributed by atoms with van der Waals surface area (Å²) in [4.78, 5) is 0. The van der Waals surface area contributed by atoms with E-state index in [1.54, 1.807) is 12.1 Å². The predicted octanol–water partition coefficient (Wildman–Crippen LogP) is 3.01. The Morgan fingerprint density at radius 1 is 1.36 bits per heavy atom. The summed E-state index contributed by atoms with van der Waals surface area (Å²) < 4.78 is 14.8. The molecule has 0 aliphatic heterocycles. The molecule has 0 bridgehead atoms. The number of hydrogen-bond acceptors (Lipinski definition) is 2. The molecule has 0 unspecified atom stereocenters. The molecule has 3 rings (SSSR count). The third-order valence-electron chi connectivity index (χ3n) is 3.85. The van der Waals surface area contributed by atoms with Gasteiger partial charge >= 0.3 is 0 Å². The Labute approximate surface area is 134 Å². The normalized spacial score (nSPS) is 15.4. The third kappa shape index (κ3) is 3.27. The molecule has 2 N–H and O–H groups in total. The average Bonchev–Trinajstić information content (AvgIpc) is 3.20. The lowest BCUT2D eigenvalue weighted by Gasteiger charge is -2.17. The molecule has 1 aliphatic rings. The van der Waals surface area contributed by atoms with E-state index >= 15 is 0 Å². The molecule has 6 heteroatoms. The molecule has 1 aromatic heterocycles. The van der Waals surface area contributed by atoms with Gasteiger partial charge in [0.25, 0.3) is 0 Å². The van der Waals surface area contributed by atoms with E-state index in [1.807, 2.05) is 17.8 Å². The number of rotatable bonds is 4. The van der Waals surface area contributed by atoms with Crippen molar-refractivity contribution in [3.63, 3.8) is 0 Å². The van der Waals surface area contributed by atoms with Crippen LogP contribution < -0.4 is 10.6 Å². The maximum absolute atomic E-state index is 13.0. The van der Waals surface area contributed by atoms with Gasteiger partial charge in [0, 0.05) is 17.3 Å². The fourth-order valence-corrected chi connectivity index (χ4v) is 2.76. The zero-order chi connectivity index (χ0) is 15.7. The first kappa shape index (κ1) is 15.0. The quantitative estimate of drug-likeness (QED) is 0.851. The van der Waals surface area contributed by atoms with E-state index in [-0.39, 0.29) is 11.9 Å². The van der Waals surface area contributed by atoms with Gasteiger partial charge < -0.3 is 10.6 Å². The van der Waals surface area contributed by atoms with Crippen LogP contribution in [0.5, 0.6) is 0 Å². The minimum Gasteiger partial charge on any atom is -0.360 e. The van der Waals surface area contributed by atoms with Gasteiger partial charge in [-0.25, -0.2) is 9.07 Å². The van der Waals surface area contributed by atoms with Crippen LogP contribution in [0, 0.1) is 12.7 Å². The van der Waals surface area contributed by atoms with Crippen LogP contribution >= 0.6 is 12.2 Å². The molecule has 4 nitrogen and oxygen atoms in total. The SMILES string of the molecule is Cc1c([C@@H](C)NC(=S)NC2CC2)cnn1-c1ccc(F)cc1. The van der Waals surface area contributed by atoms with Crippen LogP contribution in [0.4, 0.5) is 4.39 Å². The molecular formula is C16H19FN4S. The highest BCUT2D eigenvalue weighted by atomic mass is 32.1. The molecule has 1 fully saturated rings. The third-order valence-corrected chi connectivity index (χ3v) is 4.08. The van der Waals surface area contributed by atoms with E-state index < -0.39 is 0 Å². The first-order chi connectivity index (χ1) is 10.5. The largest absolute Gasteiger partial charge is 0.360 e. The number of nitrogens with zero attached hydrogens (tertiary/aromatic N) is 2. The van der Waals surface area contributed by atoms with Crippen molar-refractivity contribution in [3.8, 4) is 5.69 Å². The van der Waals surface area contributed by atoms with Gasteiger partial charge in [-0.2, -0.15) is 5.10 Å². The molecule has 1 heterocycles. The van der Waals surface area contributed by atoms with Gasteiger partial charge in [0.15, 0.2) is 5.11 Å². The molecule has 1 aliphatic carbocycles. The van der Waals surface area contributed by atoms with E-state index in [0.717, 1.165) is 16.9 Å². The molecule has 22 heavy (non-hydrogen) atoms. The molecule has 116 valence electrons. The Morgan fingerprint density at radius 3 is 2.68 bits per heavy atom. The fraction of sp³-hybridized carbons (Fsp3) is 0.375. The van der Waals surface area contributed by atoms with Crippen LogP contribution in [-0.2, 0) is 0 Å². The summed E-state index contributed by atoms with van der Waals surface area (Å²) in [5.74, 6) is -0.250. The van der Waals surface area contributed by atoms with E-state index in [4.69, 9.17) is 12.2 Å². The highest BCUT2D eigenvalue weighted by Crippen LogP contribution is 2.21. The summed E-state index contributed by atoms with van der Waals surface area (Å²) >= 11 is 5.31. The summed E-state index contributed by atoms with van der Waals surface area (Å²) in [5, 5.41) is 11.7. The summed E-state index contributed by atoms with van der Waals surface area (Å²) in [6.07, 6.45) is 4.21. The molecule has 0 saturated heterocycles. The zero-order valence-corrected chi connectivity index (χ0v) is 13.5. The number of aromatic nitrogens is 2. The van der Waals surface area contributed by atoms with Crippen molar-refractivity contribution in [2.75, 3.05) is 0 Å². The Hall–Kier alpha value is -1.95. The van der Waals surface area contributed by atoms with Crippen molar-refractivity contribution in [2.45, 2.75) is 38.8 Å². The molecule has 1 aromatic carbocycles. The van der Waals surface area contributed by atoms with Crippen LogP contribution in [0.25, 0.3) is 5.69 Å². The number of halogens is 1. The molecule has 1 saturated carbocycles.